The van der Waals surface area contributed by atoms with Gasteiger partial charge in [0.15, 0.2) is 12.0 Å². The van der Waals surface area contributed by atoms with E-state index in [9.17, 15) is 4.39 Å². The van der Waals surface area contributed by atoms with E-state index < -0.39 is 6.17 Å². The molecule has 138 valence electrons. The van der Waals surface area contributed by atoms with Gasteiger partial charge >= 0.3 is 0 Å². The van der Waals surface area contributed by atoms with Crippen molar-refractivity contribution in [1.82, 2.24) is 9.88 Å². The molecule has 2 unspecified atom stereocenters. The normalized spacial score (nSPS) is 19.8. The summed E-state index contributed by atoms with van der Waals surface area (Å²) >= 11 is 0. The monoisotopic (exact) mass is 371 g/mol. The van der Waals surface area contributed by atoms with Crippen LogP contribution in [0.15, 0.2) is 83.8 Å². The summed E-state index contributed by atoms with van der Waals surface area (Å²) in [6.45, 7) is 0.335. The van der Waals surface area contributed by atoms with Gasteiger partial charge in [0.1, 0.15) is 12.4 Å². The molecular formula is C23H18FN3O. The molecule has 0 saturated carbocycles. The summed E-state index contributed by atoms with van der Waals surface area (Å²) in [4.78, 5) is 11.0. The van der Waals surface area contributed by atoms with Crippen molar-refractivity contribution in [1.29, 1.82) is 0 Å². The van der Waals surface area contributed by atoms with Crippen molar-refractivity contribution in [2.45, 2.75) is 18.8 Å². The van der Waals surface area contributed by atoms with Crippen LogP contribution >= 0.6 is 0 Å². The summed E-state index contributed by atoms with van der Waals surface area (Å²) in [5, 5.41) is 0. The van der Waals surface area contributed by atoms with E-state index in [-0.39, 0.29) is 11.9 Å². The number of aliphatic imine (C=N–C) groups is 1. The van der Waals surface area contributed by atoms with E-state index in [0.717, 1.165) is 16.8 Å². The number of hydrogen-bond donors (Lipinski definition) is 0. The fraction of sp³-hybridized carbons (Fsp3) is 0.130. The molecular weight excluding hydrogens is 353 g/mol. The highest BCUT2D eigenvalue weighted by Crippen LogP contribution is 2.44. The van der Waals surface area contributed by atoms with Crippen molar-refractivity contribution < 1.29 is 9.13 Å². The van der Waals surface area contributed by atoms with Crippen molar-refractivity contribution in [2.75, 3.05) is 0 Å². The second-order valence-electron chi connectivity index (χ2n) is 6.77. The molecule has 0 radical (unpaired) electrons. The third-order valence-electron chi connectivity index (χ3n) is 5.06. The summed E-state index contributed by atoms with van der Waals surface area (Å²) in [6, 6.07) is 20.5. The zero-order valence-electron chi connectivity index (χ0n) is 15.1. The van der Waals surface area contributed by atoms with Crippen LogP contribution in [-0.4, -0.2) is 16.1 Å². The van der Waals surface area contributed by atoms with Crippen LogP contribution in [0.5, 0.6) is 0 Å². The van der Waals surface area contributed by atoms with Gasteiger partial charge in [-0.15, -0.1) is 0 Å². The van der Waals surface area contributed by atoms with Gasteiger partial charge in [-0.05, 0) is 29.3 Å². The molecule has 0 N–H and O–H groups in total. The van der Waals surface area contributed by atoms with Crippen molar-refractivity contribution >= 4 is 12.3 Å². The Kier molecular flexibility index (Phi) is 4.13. The van der Waals surface area contributed by atoms with Crippen molar-refractivity contribution in [2.24, 2.45) is 4.99 Å². The van der Waals surface area contributed by atoms with E-state index in [1.807, 2.05) is 53.6 Å². The Hall–Kier alpha value is -3.47. The van der Waals surface area contributed by atoms with E-state index >= 15 is 0 Å². The van der Waals surface area contributed by atoms with Crippen LogP contribution in [-0.2, 0) is 11.3 Å². The molecule has 2 aliphatic rings. The first-order valence-corrected chi connectivity index (χ1v) is 9.20. The summed E-state index contributed by atoms with van der Waals surface area (Å²) in [5.41, 5.74) is 3.59. The van der Waals surface area contributed by atoms with Gasteiger partial charge in [-0.1, -0.05) is 48.5 Å². The molecule has 0 amide bonds. The lowest BCUT2D eigenvalue weighted by molar-refractivity contribution is 0.0729. The smallest absolute Gasteiger partial charge is 0.193 e. The average molecular weight is 371 g/mol. The highest BCUT2D eigenvalue weighted by Gasteiger charge is 2.39. The lowest BCUT2D eigenvalue weighted by Gasteiger charge is -2.36. The predicted molar refractivity (Wildman–Crippen MR) is 106 cm³/mol. The third-order valence-corrected chi connectivity index (χ3v) is 5.06. The zero-order chi connectivity index (χ0) is 18.9. The molecule has 2 atom stereocenters. The maximum absolute atomic E-state index is 14.5. The number of nitrogens with zero attached hydrogens (tertiary/aromatic N) is 3. The molecule has 0 saturated heterocycles. The minimum atomic E-state index is -0.463. The van der Waals surface area contributed by atoms with Gasteiger partial charge in [0.05, 0.1) is 11.7 Å². The lowest BCUT2D eigenvalue weighted by atomic mass is 9.96. The standard InChI is InChI=1S/C23H18FN3O/c24-20-11-4-3-10-19(20)23-26-14-21-18-9-2-1-7-16(18)13-22(27(21)23)28-15-17-8-5-6-12-25-17/h1-14,21,23H,15H2. The molecule has 5 heteroatoms. The largest absolute Gasteiger partial charge is 0.472 e. The Morgan fingerprint density at radius 3 is 2.54 bits per heavy atom. The van der Waals surface area contributed by atoms with E-state index in [0.29, 0.717) is 18.1 Å². The zero-order valence-corrected chi connectivity index (χ0v) is 15.1. The quantitative estimate of drug-likeness (QED) is 0.656. The molecule has 3 heterocycles. The van der Waals surface area contributed by atoms with E-state index in [2.05, 4.69) is 22.1 Å². The van der Waals surface area contributed by atoms with Gasteiger partial charge in [0.2, 0.25) is 0 Å². The molecule has 0 fully saturated rings. The minimum Gasteiger partial charge on any atom is -0.472 e. The van der Waals surface area contributed by atoms with Gasteiger partial charge in [-0.2, -0.15) is 0 Å². The molecule has 0 bridgehead atoms. The van der Waals surface area contributed by atoms with Gasteiger partial charge in [0.25, 0.3) is 0 Å². The average Bonchev–Trinajstić information content (AvgIpc) is 3.18. The van der Waals surface area contributed by atoms with Crippen LogP contribution in [0.1, 0.15) is 34.6 Å². The number of pyridine rings is 1. The van der Waals surface area contributed by atoms with Crippen molar-refractivity contribution in [3.8, 4) is 0 Å². The van der Waals surface area contributed by atoms with Crippen LogP contribution in [0.3, 0.4) is 0 Å². The lowest BCUT2D eigenvalue weighted by Crippen LogP contribution is -2.32. The Labute approximate surface area is 162 Å². The summed E-state index contributed by atoms with van der Waals surface area (Å²) in [6.07, 6.45) is 5.16. The van der Waals surface area contributed by atoms with Crippen LogP contribution in [0, 0.1) is 5.82 Å². The SMILES string of the molecule is Fc1ccccc1C1N=CC2c3ccccc3C=C(OCc3ccccn3)N21. The molecule has 0 aliphatic carbocycles. The van der Waals surface area contributed by atoms with Crippen molar-refractivity contribution in [3.63, 3.8) is 0 Å². The number of rotatable bonds is 4. The van der Waals surface area contributed by atoms with Gasteiger partial charge in [-0.25, -0.2) is 4.39 Å². The van der Waals surface area contributed by atoms with Gasteiger partial charge in [0, 0.05) is 24.1 Å². The number of aromatic nitrogens is 1. The number of benzene rings is 2. The first kappa shape index (κ1) is 16.7. The number of halogens is 1. The van der Waals surface area contributed by atoms with Gasteiger partial charge < -0.3 is 9.64 Å². The molecule has 5 rings (SSSR count). The molecule has 1 aromatic heterocycles. The predicted octanol–water partition coefficient (Wildman–Crippen LogP) is 4.88. The van der Waals surface area contributed by atoms with E-state index in [1.54, 1.807) is 18.3 Å². The topological polar surface area (TPSA) is 37.7 Å². The Morgan fingerprint density at radius 1 is 0.929 bits per heavy atom. The van der Waals surface area contributed by atoms with Crippen LogP contribution in [0.4, 0.5) is 4.39 Å². The van der Waals surface area contributed by atoms with E-state index in [4.69, 9.17) is 4.74 Å². The maximum atomic E-state index is 14.5. The molecule has 28 heavy (non-hydrogen) atoms. The molecule has 2 aliphatic heterocycles. The van der Waals surface area contributed by atoms with Gasteiger partial charge in [-0.3, -0.25) is 9.98 Å². The number of hydrogen-bond acceptors (Lipinski definition) is 4. The number of fused-ring (bicyclic) bond motifs is 3. The summed E-state index contributed by atoms with van der Waals surface area (Å²) in [5.74, 6) is 0.397. The first-order chi connectivity index (χ1) is 13.8. The third kappa shape index (κ3) is 2.85. The first-order valence-electron chi connectivity index (χ1n) is 9.20. The Bertz CT molecular complexity index is 1060. The minimum absolute atomic E-state index is 0.0930. The summed E-state index contributed by atoms with van der Waals surface area (Å²) in [7, 11) is 0. The highest BCUT2D eigenvalue weighted by atomic mass is 19.1. The highest BCUT2D eigenvalue weighted by molar-refractivity contribution is 5.76. The second-order valence-corrected chi connectivity index (χ2v) is 6.77. The van der Waals surface area contributed by atoms with Crippen LogP contribution in [0.2, 0.25) is 0 Å². The Balaban J connectivity index is 1.53. The fourth-order valence-electron chi connectivity index (χ4n) is 3.73. The molecule has 0 spiro atoms. The maximum Gasteiger partial charge on any atom is 0.193 e. The van der Waals surface area contributed by atoms with Crippen LogP contribution < -0.4 is 0 Å². The fourth-order valence-corrected chi connectivity index (χ4v) is 3.73. The van der Waals surface area contributed by atoms with E-state index in [1.165, 1.54) is 6.07 Å². The Morgan fingerprint density at radius 2 is 1.71 bits per heavy atom. The molecule has 4 nitrogen and oxygen atoms in total. The molecule has 2 aromatic carbocycles. The second kappa shape index (κ2) is 6.93. The van der Waals surface area contributed by atoms with Crippen molar-refractivity contribution in [3.05, 3.63) is 107 Å². The summed E-state index contributed by atoms with van der Waals surface area (Å²) < 4.78 is 20.7. The number of ether oxygens (including phenoxy) is 1. The van der Waals surface area contributed by atoms with Crippen LogP contribution in [0.25, 0.3) is 6.08 Å². The molecule has 3 aromatic rings.